The Morgan fingerprint density at radius 2 is 2.30 bits per heavy atom. The lowest BCUT2D eigenvalue weighted by atomic mass is 10.3. The monoisotopic (exact) mass is 156 g/mol. The van der Waals surface area contributed by atoms with Crippen molar-refractivity contribution in [2.24, 2.45) is 4.99 Å². The van der Waals surface area contributed by atoms with Crippen LogP contribution in [0.25, 0.3) is 0 Å². The van der Waals surface area contributed by atoms with Gasteiger partial charge in [-0.25, -0.2) is 0 Å². The number of aliphatic imine (C=N–C) groups is 1. The van der Waals surface area contributed by atoms with Crippen LogP contribution >= 0.6 is 12.4 Å². The summed E-state index contributed by atoms with van der Waals surface area (Å²) in [5.41, 5.74) is 1.71. The van der Waals surface area contributed by atoms with E-state index in [2.05, 4.69) is 10.3 Å². The number of rotatable bonds is 0. The van der Waals surface area contributed by atoms with Crippen LogP contribution in [0.15, 0.2) is 28.5 Å². The van der Waals surface area contributed by atoms with Gasteiger partial charge in [0.2, 0.25) is 5.91 Å². The van der Waals surface area contributed by atoms with Gasteiger partial charge in [-0.2, -0.15) is 0 Å². The second-order valence-electron chi connectivity index (χ2n) is 1.91. The van der Waals surface area contributed by atoms with Crippen LogP contribution in [0.3, 0.4) is 0 Å². The number of nitrogens with zero attached hydrogens (tertiary/aromatic N) is 1. The van der Waals surface area contributed by atoms with Gasteiger partial charge in [-0.1, -0.05) is 0 Å². The summed E-state index contributed by atoms with van der Waals surface area (Å²) in [6, 6.07) is 0. The molecule has 0 spiro atoms. The molecule has 52 valence electrons. The van der Waals surface area contributed by atoms with Gasteiger partial charge in [0.15, 0.2) is 0 Å². The maximum Gasteiger partial charge on any atom is 0.249 e. The molecule has 0 aromatic rings. The summed E-state index contributed by atoms with van der Waals surface area (Å²) < 4.78 is 0. The maximum absolute atomic E-state index is 10.6. The third-order valence-electron chi connectivity index (χ3n) is 1.27. The number of carbonyl (C=O) groups is 1. The lowest BCUT2D eigenvalue weighted by molar-refractivity contribution is -0.115. The van der Waals surface area contributed by atoms with Gasteiger partial charge in [0, 0.05) is 17.9 Å². The Labute approximate surface area is 63.9 Å². The minimum atomic E-state index is -0.0533. The van der Waals surface area contributed by atoms with Crippen LogP contribution in [-0.4, -0.2) is 12.1 Å². The molecule has 0 atom stereocenters. The molecule has 2 aliphatic heterocycles. The molecule has 3 nitrogen and oxygen atoms in total. The molecule has 0 saturated carbocycles. The van der Waals surface area contributed by atoms with Crippen molar-refractivity contribution in [3.05, 3.63) is 23.5 Å². The average molecular weight is 157 g/mol. The van der Waals surface area contributed by atoms with E-state index in [0.29, 0.717) is 0 Å². The lowest BCUT2D eigenvalue weighted by Gasteiger charge is -1.89. The van der Waals surface area contributed by atoms with Crippen molar-refractivity contribution >= 4 is 24.5 Å². The molecule has 10 heavy (non-hydrogen) atoms. The van der Waals surface area contributed by atoms with E-state index in [4.69, 9.17) is 0 Å². The predicted molar refractivity (Wildman–Crippen MR) is 40.0 cm³/mol. The van der Waals surface area contributed by atoms with E-state index < -0.39 is 0 Å². The first kappa shape index (κ1) is 7.02. The average Bonchev–Trinajstić information content (AvgIpc) is 2.22. The fourth-order valence-corrected chi connectivity index (χ4v) is 0.866. The molecule has 0 aromatic heterocycles. The quantitative estimate of drug-likeness (QED) is 0.542. The predicted octanol–water partition coefficient (Wildman–Crippen LogP) is 0.390. The van der Waals surface area contributed by atoms with E-state index in [1.807, 2.05) is 0 Å². The standard InChI is InChI=1S/C6H4N2O.ClH/c9-6-1-4-2-7-3-5(4)8-6;/h1-3H,(H,8,9);1H. The molecular weight excluding hydrogens is 152 g/mol. The third kappa shape index (κ3) is 0.844. The zero-order valence-electron chi connectivity index (χ0n) is 5.00. The second kappa shape index (κ2) is 2.27. The van der Waals surface area contributed by atoms with Gasteiger partial charge >= 0.3 is 0 Å². The number of allylic oxidation sites excluding steroid dienone is 1. The summed E-state index contributed by atoms with van der Waals surface area (Å²) in [6.07, 6.45) is 4.83. The Balaban J connectivity index is 0.000000500. The fourth-order valence-electron chi connectivity index (χ4n) is 0.866. The number of halogens is 1. The van der Waals surface area contributed by atoms with Crippen LogP contribution in [-0.2, 0) is 4.79 Å². The smallest absolute Gasteiger partial charge is 0.249 e. The first-order valence-electron chi connectivity index (χ1n) is 2.63. The number of amides is 1. The molecule has 0 aromatic carbocycles. The summed E-state index contributed by atoms with van der Waals surface area (Å²) in [6.45, 7) is 0. The van der Waals surface area contributed by atoms with Crippen molar-refractivity contribution in [3.63, 3.8) is 0 Å². The first-order chi connectivity index (χ1) is 4.36. The van der Waals surface area contributed by atoms with Crippen molar-refractivity contribution in [3.8, 4) is 0 Å². The molecule has 0 unspecified atom stereocenters. The van der Waals surface area contributed by atoms with Crippen LogP contribution in [0.2, 0.25) is 0 Å². The molecule has 0 saturated heterocycles. The summed E-state index contributed by atoms with van der Waals surface area (Å²) >= 11 is 0. The van der Waals surface area contributed by atoms with Gasteiger partial charge in [0.05, 0.1) is 11.9 Å². The minimum absolute atomic E-state index is 0. The van der Waals surface area contributed by atoms with Crippen molar-refractivity contribution < 1.29 is 4.79 Å². The molecular formula is C6H5ClN2O. The van der Waals surface area contributed by atoms with E-state index >= 15 is 0 Å². The van der Waals surface area contributed by atoms with Crippen LogP contribution in [0.1, 0.15) is 0 Å². The zero-order valence-corrected chi connectivity index (χ0v) is 5.81. The van der Waals surface area contributed by atoms with Crippen LogP contribution in [0.5, 0.6) is 0 Å². The van der Waals surface area contributed by atoms with Crippen molar-refractivity contribution in [1.82, 2.24) is 5.32 Å². The second-order valence-corrected chi connectivity index (χ2v) is 1.91. The fraction of sp³-hybridized carbons (Fsp3) is 0. The normalized spacial score (nSPS) is 19.0. The molecule has 2 rings (SSSR count). The Hall–Kier alpha value is -1.09. The molecule has 0 bridgehead atoms. The highest BCUT2D eigenvalue weighted by Crippen LogP contribution is 2.15. The molecule has 2 aliphatic rings. The number of hydrogen-bond donors (Lipinski definition) is 1. The SMILES string of the molecule is Cl.O=C1C=C2C=NC=C2N1. The molecule has 4 heteroatoms. The van der Waals surface area contributed by atoms with E-state index in [1.54, 1.807) is 12.4 Å². The van der Waals surface area contributed by atoms with Gasteiger partial charge in [0.1, 0.15) is 0 Å². The largest absolute Gasteiger partial charge is 0.321 e. The van der Waals surface area contributed by atoms with Crippen LogP contribution in [0.4, 0.5) is 0 Å². The van der Waals surface area contributed by atoms with Crippen LogP contribution < -0.4 is 5.32 Å². The van der Waals surface area contributed by atoms with Gasteiger partial charge in [0.25, 0.3) is 0 Å². The minimum Gasteiger partial charge on any atom is -0.321 e. The van der Waals surface area contributed by atoms with Crippen molar-refractivity contribution in [2.45, 2.75) is 0 Å². The van der Waals surface area contributed by atoms with E-state index in [-0.39, 0.29) is 18.3 Å². The number of nitrogens with one attached hydrogen (secondary N) is 1. The van der Waals surface area contributed by atoms with Gasteiger partial charge in [-0.3, -0.25) is 9.79 Å². The molecule has 0 fully saturated rings. The van der Waals surface area contributed by atoms with Gasteiger partial charge in [-0.05, 0) is 0 Å². The summed E-state index contributed by atoms with van der Waals surface area (Å²) in [5, 5.41) is 2.62. The van der Waals surface area contributed by atoms with E-state index in [9.17, 15) is 4.79 Å². The topological polar surface area (TPSA) is 41.5 Å². The highest BCUT2D eigenvalue weighted by atomic mass is 35.5. The first-order valence-corrected chi connectivity index (χ1v) is 2.63. The molecule has 1 amide bonds. The molecule has 1 N–H and O–H groups in total. The highest BCUT2D eigenvalue weighted by molar-refractivity contribution is 6.05. The van der Waals surface area contributed by atoms with E-state index in [1.165, 1.54) is 6.08 Å². The van der Waals surface area contributed by atoms with Crippen molar-refractivity contribution in [1.29, 1.82) is 0 Å². The molecule has 0 aliphatic carbocycles. The summed E-state index contributed by atoms with van der Waals surface area (Å²) in [4.78, 5) is 14.4. The lowest BCUT2D eigenvalue weighted by Crippen LogP contribution is -2.12. The Morgan fingerprint density at radius 3 is 3.00 bits per heavy atom. The van der Waals surface area contributed by atoms with Gasteiger partial charge in [-0.15, -0.1) is 12.4 Å². The summed E-state index contributed by atoms with van der Waals surface area (Å²) in [5.74, 6) is -0.0533. The summed E-state index contributed by atoms with van der Waals surface area (Å²) in [7, 11) is 0. The Morgan fingerprint density at radius 1 is 1.50 bits per heavy atom. The number of carbonyl (C=O) groups excluding carboxylic acids is 1. The maximum atomic E-state index is 10.6. The highest BCUT2D eigenvalue weighted by Gasteiger charge is 2.17. The van der Waals surface area contributed by atoms with Crippen LogP contribution in [0, 0.1) is 0 Å². The number of hydrogen-bond acceptors (Lipinski definition) is 2. The zero-order chi connectivity index (χ0) is 6.27. The molecule has 2 heterocycles. The van der Waals surface area contributed by atoms with Crippen molar-refractivity contribution in [2.75, 3.05) is 0 Å². The Kier molecular flexibility index (Phi) is 1.59. The number of fused-ring (bicyclic) bond motifs is 1. The third-order valence-corrected chi connectivity index (χ3v) is 1.27. The molecule has 0 radical (unpaired) electrons. The van der Waals surface area contributed by atoms with Gasteiger partial charge < -0.3 is 5.32 Å². The van der Waals surface area contributed by atoms with E-state index in [0.717, 1.165) is 11.3 Å². The Bertz CT molecular complexity index is 265.